The first-order valence-corrected chi connectivity index (χ1v) is 7.25. The fourth-order valence-electron chi connectivity index (χ4n) is 1.87. The third kappa shape index (κ3) is 3.86. The van der Waals surface area contributed by atoms with Crippen molar-refractivity contribution in [1.82, 2.24) is 25.0 Å². The zero-order valence-electron chi connectivity index (χ0n) is 10.1. The van der Waals surface area contributed by atoms with Gasteiger partial charge in [-0.15, -0.1) is 5.10 Å². The third-order valence-electron chi connectivity index (χ3n) is 2.80. The van der Waals surface area contributed by atoms with Crippen molar-refractivity contribution < 1.29 is 4.21 Å². The molecule has 1 saturated heterocycles. The maximum Gasteiger partial charge on any atom is 0.238 e. The van der Waals surface area contributed by atoms with Gasteiger partial charge in [-0.05, 0) is 13.0 Å². The van der Waals surface area contributed by atoms with Gasteiger partial charge in [0.05, 0.1) is 10.8 Å². The molecule has 0 saturated carbocycles. The number of rotatable bonds is 5. The van der Waals surface area contributed by atoms with E-state index in [9.17, 15) is 4.21 Å². The molecule has 7 heteroatoms. The second-order valence-corrected chi connectivity index (χ2v) is 5.66. The van der Waals surface area contributed by atoms with E-state index in [0.29, 0.717) is 10.9 Å². The monoisotopic (exact) mass is 257 g/mol. The molecule has 1 N–H and O–H groups in total. The molecule has 2 heterocycles. The number of nitrogens with zero attached hydrogens (tertiary/aromatic N) is 4. The number of hydrogen-bond donors (Lipinski definition) is 1. The summed E-state index contributed by atoms with van der Waals surface area (Å²) in [6, 6.07) is 0. The molecule has 1 atom stereocenters. The van der Waals surface area contributed by atoms with Crippen LogP contribution in [0.15, 0.2) is 11.5 Å². The van der Waals surface area contributed by atoms with E-state index in [4.69, 9.17) is 0 Å². The molecule has 0 radical (unpaired) electrons. The maximum absolute atomic E-state index is 11.8. The Morgan fingerprint density at radius 3 is 2.88 bits per heavy atom. The zero-order chi connectivity index (χ0) is 12.1. The molecule has 96 valence electrons. The number of nitrogens with one attached hydrogen (secondary N) is 1. The molecule has 1 aromatic rings. The quantitative estimate of drug-likeness (QED) is 0.749. The van der Waals surface area contributed by atoms with Crippen molar-refractivity contribution in [2.75, 3.05) is 38.5 Å². The summed E-state index contributed by atoms with van der Waals surface area (Å²) in [6.07, 6.45) is 2.52. The second kappa shape index (κ2) is 6.23. The Morgan fingerprint density at radius 1 is 1.47 bits per heavy atom. The highest BCUT2D eigenvalue weighted by molar-refractivity contribution is 7.84. The highest BCUT2D eigenvalue weighted by Gasteiger charge is 2.12. The van der Waals surface area contributed by atoms with E-state index >= 15 is 0 Å². The van der Waals surface area contributed by atoms with Gasteiger partial charge < -0.3 is 10.2 Å². The Bertz CT molecular complexity index is 375. The van der Waals surface area contributed by atoms with Crippen LogP contribution in [0.1, 0.15) is 6.42 Å². The molecule has 0 amide bonds. The van der Waals surface area contributed by atoms with Crippen LogP contribution in [0.2, 0.25) is 0 Å². The summed E-state index contributed by atoms with van der Waals surface area (Å²) in [5.74, 6) is 0.647. The Hall–Kier alpha value is -0.790. The zero-order valence-corrected chi connectivity index (χ0v) is 10.9. The normalized spacial score (nSPS) is 19.4. The SMILES string of the molecule is Cn1cnc(S(=O)CCCN2CCNCC2)n1. The lowest BCUT2D eigenvalue weighted by Gasteiger charge is -2.26. The molecule has 1 aliphatic heterocycles. The van der Waals surface area contributed by atoms with Crippen LogP contribution in [-0.2, 0) is 17.8 Å². The minimum Gasteiger partial charge on any atom is -0.314 e. The van der Waals surface area contributed by atoms with Crippen LogP contribution >= 0.6 is 0 Å². The number of piperazine rings is 1. The van der Waals surface area contributed by atoms with Crippen LogP contribution in [0.25, 0.3) is 0 Å². The van der Waals surface area contributed by atoms with Crippen LogP contribution in [0.3, 0.4) is 0 Å². The van der Waals surface area contributed by atoms with Gasteiger partial charge in [0.2, 0.25) is 5.16 Å². The second-order valence-electron chi connectivity index (χ2n) is 4.20. The van der Waals surface area contributed by atoms with Crippen molar-refractivity contribution in [2.45, 2.75) is 11.6 Å². The lowest BCUT2D eigenvalue weighted by molar-refractivity contribution is 0.242. The summed E-state index contributed by atoms with van der Waals surface area (Å²) in [5, 5.41) is 7.83. The average Bonchev–Trinajstić information content (AvgIpc) is 2.77. The Balaban J connectivity index is 1.69. The van der Waals surface area contributed by atoms with Crippen LogP contribution < -0.4 is 5.32 Å². The van der Waals surface area contributed by atoms with Crippen LogP contribution in [0, 0.1) is 0 Å². The van der Waals surface area contributed by atoms with Crippen molar-refractivity contribution in [3.63, 3.8) is 0 Å². The van der Waals surface area contributed by atoms with Crippen molar-refractivity contribution in [2.24, 2.45) is 7.05 Å². The van der Waals surface area contributed by atoms with Crippen LogP contribution in [0.4, 0.5) is 0 Å². The van der Waals surface area contributed by atoms with E-state index in [1.54, 1.807) is 18.1 Å². The molecule has 17 heavy (non-hydrogen) atoms. The van der Waals surface area contributed by atoms with Gasteiger partial charge in [0.15, 0.2) is 0 Å². The first-order chi connectivity index (χ1) is 8.25. The standard InChI is InChI=1S/C10H19N5OS/c1-14-9-12-10(13-14)17(16)8-2-5-15-6-3-11-4-7-15/h9,11H,2-8H2,1H3. The number of aromatic nitrogens is 3. The predicted molar refractivity (Wildman–Crippen MR) is 66.2 cm³/mol. The first kappa shape index (κ1) is 12.7. The van der Waals surface area contributed by atoms with Gasteiger partial charge in [-0.1, -0.05) is 0 Å². The molecule has 0 aliphatic carbocycles. The molecule has 2 rings (SSSR count). The van der Waals surface area contributed by atoms with E-state index in [2.05, 4.69) is 20.3 Å². The van der Waals surface area contributed by atoms with Gasteiger partial charge in [0.25, 0.3) is 0 Å². The lowest BCUT2D eigenvalue weighted by atomic mass is 10.3. The van der Waals surface area contributed by atoms with E-state index in [1.807, 2.05) is 0 Å². The van der Waals surface area contributed by atoms with E-state index < -0.39 is 10.8 Å². The lowest BCUT2D eigenvalue weighted by Crippen LogP contribution is -2.43. The van der Waals surface area contributed by atoms with Gasteiger partial charge in [-0.25, -0.2) is 4.98 Å². The minimum atomic E-state index is -1.05. The smallest absolute Gasteiger partial charge is 0.238 e. The van der Waals surface area contributed by atoms with Crippen molar-refractivity contribution in [3.05, 3.63) is 6.33 Å². The Kier molecular flexibility index (Phi) is 4.64. The number of hydrogen-bond acceptors (Lipinski definition) is 5. The third-order valence-corrected chi connectivity index (χ3v) is 4.05. The maximum atomic E-state index is 11.8. The topological polar surface area (TPSA) is 63.1 Å². The summed E-state index contributed by atoms with van der Waals surface area (Å²) >= 11 is 0. The Labute approximate surface area is 104 Å². The fourth-order valence-corrected chi connectivity index (χ4v) is 2.83. The fraction of sp³-hybridized carbons (Fsp3) is 0.800. The van der Waals surface area contributed by atoms with Crippen LogP contribution in [0.5, 0.6) is 0 Å². The van der Waals surface area contributed by atoms with Crippen molar-refractivity contribution in [3.8, 4) is 0 Å². The average molecular weight is 257 g/mol. The van der Waals surface area contributed by atoms with Crippen molar-refractivity contribution >= 4 is 10.8 Å². The first-order valence-electron chi connectivity index (χ1n) is 5.93. The summed E-state index contributed by atoms with van der Waals surface area (Å²) in [4.78, 5) is 6.41. The molecule has 0 spiro atoms. The van der Waals surface area contributed by atoms with Crippen LogP contribution in [-0.4, -0.2) is 62.3 Å². The molecule has 0 bridgehead atoms. The molecule has 1 unspecified atom stereocenters. The van der Waals surface area contributed by atoms with E-state index in [0.717, 1.165) is 39.1 Å². The van der Waals surface area contributed by atoms with Gasteiger partial charge in [-0.2, -0.15) is 0 Å². The Morgan fingerprint density at radius 2 is 2.24 bits per heavy atom. The molecule has 0 aromatic carbocycles. The molecular weight excluding hydrogens is 238 g/mol. The van der Waals surface area contributed by atoms with Crippen molar-refractivity contribution in [1.29, 1.82) is 0 Å². The largest absolute Gasteiger partial charge is 0.314 e. The molecule has 1 fully saturated rings. The van der Waals surface area contributed by atoms with Gasteiger partial charge in [0, 0.05) is 39.0 Å². The number of aryl methyl sites for hydroxylation is 1. The van der Waals surface area contributed by atoms with E-state index in [1.165, 1.54) is 0 Å². The highest BCUT2D eigenvalue weighted by Crippen LogP contribution is 2.01. The summed E-state index contributed by atoms with van der Waals surface area (Å²) in [7, 11) is 0.734. The van der Waals surface area contributed by atoms with Gasteiger partial charge in [0.1, 0.15) is 6.33 Å². The van der Waals surface area contributed by atoms with E-state index in [-0.39, 0.29) is 0 Å². The highest BCUT2D eigenvalue weighted by atomic mass is 32.2. The molecular formula is C10H19N5OS. The summed E-state index contributed by atoms with van der Waals surface area (Å²) in [5.41, 5.74) is 0. The molecule has 1 aliphatic rings. The van der Waals surface area contributed by atoms with Gasteiger partial charge in [-0.3, -0.25) is 8.89 Å². The minimum absolute atomic E-state index is 0.452. The predicted octanol–water partition coefficient (Wildman–Crippen LogP) is -0.782. The molecule has 1 aromatic heterocycles. The summed E-state index contributed by atoms with van der Waals surface area (Å²) < 4.78 is 13.4. The summed E-state index contributed by atoms with van der Waals surface area (Å²) in [6.45, 7) is 5.32. The molecule has 6 nitrogen and oxygen atoms in total. The van der Waals surface area contributed by atoms with Gasteiger partial charge >= 0.3 is 0 Å².